The van der Waals surface area contributed by atoms with Crippen LogP contribution in [0.4, 0.5) is 0 Å². The Morgan fingerprint density at radius 2 is 1.94 bits per heavy atom. The summed E-state index contributed by atoms with van der Waals surface area (Å²) in [5.41, 5.74) is 0.510. The zero-order valence-electron chi connectivity index (χ0n) is 11.3. The van der Waals surface area contributed by atoms with Crippen LogP contribution in [0.2, 0.25) is 0 Å². The second-order valence-corrected chi connectivity index (χ2v) is 7.06. The van der Waals surface area contributed by atoms with E-state index in [0.717, 1.165) is 17.8 Å². The molecule has 1 heterocycles. The van der Waals surface area contributed by atoms with E-state index < -0.39 is 0 Å². The zero-order valence-corrected chi connectivity index (χ0v) is 11.3. The summed E-state index contributed by atoms with van der Waals surface area (Å²) in [4.78, 5) is 0. The third-order valence-corrected chi connectivity index (χ3v) is 5.07. The lowest BCUT2D eigenvalue weighted by molar-refractivity contribution is 0.218. The molecule has 2 nitrogen and oxygen atoms in total. The van der Waals surface area contributed by atoms with Crippen LogP contribution in [-0.2, 0) is 0 Å². The Kier molecular flexibility index (Phi) is 3.45. The van der Waals surface area contributed by atoms with Gasteiger partial charge in [-0.15, -0.1) is 0 Å². The lowest BCUT2D eigenvalue weighted by atomic mass is 9.82. The average molecular weight is 236 g/mol. The third kappa shape index (κ3) is 3.23. The Hall–Kier alpha value is -0.0800. The van der Waals surface area contributed by atoms with Gasteiger partial charge in [0.2, 0.25) is 0 Å². The van der Waals surface area contributed by atoms with Gasteiger partial charge >= 0.3 is 0 Å². The summed E-state index contributed by atoms with van der Waals surface area (Å²) in [6.45, 7) is 7.39. The van der Waals surface area contributed by atoms with Gasteiger partial charge in [0, 0.05) is 13.1 Å². The van der Waals surface area contributed by atoms with Crippen LogP contribution in [0, 0.1) is 23.2 Å². The fourth-order valence-electron chi connectivity index (χ4n) is 3.58. The van der Waals surface area contributed by atoms with Gasteiger partial charge in [0.1, 0.15) is 0 Å². The maximum Gasteiger partial charge on any atom is 0.00174 e. The fraction of sp³-hybridized carbons (Fsp3) is 1.00. The highest BCUT2D eigenvalue weighted by molar-refractivity contribution is 4.93. The van der Waals surface area contributed by atoms with Gasteiger partial charge in [-0.05, 0) is 74.8 Å². The van der Waals surface area contributed by atoms with E-state index in [1.807, 2.05) is 0 Å². The van der Waals surface area contributed by atoms with Crippen LogP contribution in [-0.4, -0.2) is 26.2 Å². The highest BCUT2D eigenvalue weighted by atomic mass is 14.9. The molecule has 0 aromatic carbocycles. The van der Waals surface area contributed by atoms with E-state index >= 15 is 0 Å². The molecule has 1 atom stereocenters. The molecule has 0 bridgehead atoms. The van der Waals surface area contributed by atoms with Gasteiger partial charge in [-0.3, -0.25) is 0 Å². The number of rotatable bonds is 6. The Labute approximate surface area is 106 Å². The highest BCUT2D eigenvalue weighted by Crippen LogP contribution is 2.48. The van der Waals surface area contributed by atoms with E-state index in [0.29, 0.717) is 5.41 Å². The number of nitrogens with one attached hydrogen (secondary N) is 2. The summed E-state index contributed by atoms with van der Waals surface area (Å²) in [6.07, 6.45) is 8.81. The van der Waals surface area contributed by atoms with Gasteiger partial charge in [0.25, 0.3) is 0 Å². The summed E-state index contributed by atoms with van der Waals surface area (Å²) in [5.74, 6) is 3.20. The molecule has 98 valence electrons. The van der Waals surface area contributed by atoms with Crippen LogP contribution in [0.25, 0.3) is 0 Å². The normalized spacial score (nSPS) is 34.2. The van der Waals surface area contributed by atoms with Crippen LogP contribution in [0.5, 0.6) is 0 Å². The maximum atomic E-state index is 3.80. The van der Waals surface area contributed by atoms with E-state index in [1.165, 1.54) is 64.7 Å². The van der Waals surface area contributed by atoms with Crippen LogP contribution in [0.15, 0.2) is 0 Å². The Balaban J connectivity index is 1.41. The van der Waals surface area contributed by atoms with Crippen molar-refractivity contribution in [3.8, 4) is 0 Å². The minimum absolute atomic E-state index is 0.510. The van der Waals surface area contributed by atoms with Crippen molar-refractivity contribution in [2.24, 2.45) is 23.2 Å². The first-order valence-corrected chi connectivity index (χ1v) is 7.68. The standard InChI is InChI=1S/C15H28N2/c1-15(7-2-8-16-10-15)11-17-9-14(12-3-4-12)13-5-6-13/h12-14,16-17H,2-11H2,1H3. The largest absolute Gasteiger partial charge is 0.316 e. The summed E-state index contributed by atoms with van der Waals surface area (Å²) >= 11 is 0. The molecule has 2 N–H and O–H groups in total. The zero-order chi connectivity index (χ0) is 11.7. The molecule has 0 amide bonds. The van der Waals surface area contributed by atoms with Crippen molar-refractivity contribution < 1.29 is 0 Å². The minimum atomic E-state index is 0.510. The molecule has 17 heavy (non-hydrogen) atoms. The molecule has 0 aromatic rings. The molecule has 1 aliphatic heterocycles. The topological polar surface area (TPSA) is 24.1 Å². The summed E-state index contributed by atoms with van der Waals surface area (Å²) < 4.78 is 0. The van der Waals surface area contributed by atoms with Gasteiger partial charge in [-0.1, -0.05) is 6.92 Å². The molecule has 2 aliphatic carbocycles. The van der Waals surface area contributed by atoms with Crippen molar-refractivity contribution in [3.63, 3.8) is 0 Å². The van der Waals surface area contributed by atoms with Gasteiger partial charge in [-0.25, -0.2) is 0 Å². The molecular formula is C15H28N2. The van der Waals surface area contributed by atoms with Gasteiger partial charge in [0.15, 0.2) is 0 Å². The summed E-state index contributed by atoms with van der Waals surface area (Å²) in [7, 11) is 0. The van der Waals surface area contributed by atoms with Gasteiger partial charge in [0.05, 0.1) is 0 Å². The number of hydrogen-bond acceptors (Lipinski definition) is 2. The van der Waals surface area contributed by atoms with Crippen molar-refractivity contribution in [1.82, 2.24) is 10.6 Å². The predicted molar refractivity (Wildman–Crippen MR) is 72.0 cm³/mol. The predicted octanol–water partition coefficient (Wildman–Crippen LogP) is 2.40. The molecule has 3 aliphatic rings. The highest BCUT2D eigenvalue weighted by Gasteiger charge is 2.41. The lowest BCUT2D eigenvalue weighted by Crippen LogP contribution is -2.45. The van der Waals surface area contributed by atoms with Crippen molar-refractivity contribution in [1.29, 1.82) is 0 Å². The molecule has 0 spiro atoms. The summed E-state index contributed by atoms with van der Waals surface area (Å²) in [5, 5.41) is 7.34. The minimum Gasteiger partial charge on any atom is -0.316 e. The fourth-order valence-corrected chi connectivity index (χ4v) is 3.58. The molecule has 3 rings (SSSR count). The smallest absolute Gasteiger partial charge is 0.00174 e. The Morgan fingerprint density at radius 3 is 2.47 bits per heavy atom. The molecule has 2 heteroatoms. The van der Waals surface area contributed by atoms with E-state index in [2.05, 4.69) is 17.6 Å². The Bertz CT molecular complexity index is 238. The monoisotopic (exact) mass is 236 g/mol. The van der Waals surface area contributed by atoms with Gasteiger partial charge in [-0.2, -0.15) is 0 Å². The van der Waals surface area contributed by atoms with Crippen molar-refractivity contribution in [3.05, 3.63) is 0 Å². The number of piperidine rings is 1. The first-order chi connectivity index (χ1) is 8.27. The second-order valence-electron chi connectivity index (χ2n) is 7.06. The van der Waals surface area contributed by atoms with Crippen LogP contribution in [0.3, 0.4) is 0 Å². The van der Waals surface area contributed by atoms with Crippen LogP contribution < -0.4 is 10.6 Å². The molecular weight excluding hydrogens is 208 g/mol. The maximum absolute atomic E-state index is 3.80. The summed E-state index contributed by atoms with van der Waals surface area (Å²) in [6, 6.07) is 0. The van der Waals surface area contributed by atoms with Crippen molar-refractivity contribution in [2.45, 2.75) is 45.4 Å². The quantitative estimate of drug-likeness (QED) is 0.740. The first kappa shape index (κ1) is 12.0. The second kappa shape index (κ2) is 4.89. The van der Waals surface area contributed by atoms with Gasteiger partial charge < -0.3 is 10.6 Å². The van der Waals surface area contributed by atoms with E-state index in [9.17, 15) is 0 Å². The molecule has 3 fully saturated rings. The van der Waals surface area contributed by atoms with E-state index in [4.69, 9.17) is 0 Å². The Morgan fingerprint density at radius 1 is 1.24 bits per heavy atom. The van der Waals surface area contributed by atoms with Crippen molar-refractivity contribution >= 4 is 0 Å². The lowest BCUT2D eigenvalue weighted by Gasteiger charge is -2.35. The molecule has 1 saturated heterocycles. The van der Waals surface area contributed by atoms with Crippen LogP contribution >= 0.6 is 0 Å². The van der Waals surface area contributed by atoms with E-state index in [1.54, 1.807) is 0 Å². The molecule has 2 saturated carbocycles. The van der Waals surface area contributed by atoms with Crippen LogP contribution in [0.1, 0.15) is 45.4 Å². The van der Waals surface area contributed by atoms with Crippen molar-refractivity contribution in [2.75, 3.05) is 26.2 Å². The SMILES string of the molecule is CC1(CNCC(C2CC2)C2CC2)CCCNC1. The average Bonchev–Trinajstić information content (AvgIpc) is 3.16. The van der Waals surface area contributed by atoms with E-state index in [-0.39, 0.29) is 0 Å². The molecule has 1 unspecified atom stereocenters. The third-order valence-electron chi connectivity index (χ3n) is 5.07. The number of hydrogen-bond donors (Lipinski definition) is 2. The molecule has 0 radical (unpaired) electrons. The first-order valence-electron chi connectivity index (χ1n) is 7.68. The molecule has 0 aromatic heterocycles.